The first-order valence-electron chi connectivity index (χ1n) is 8.53. The third kappa shape index (κ3) is 8.74. The topological polar surface area (TPSA) is 98.3 Å². The molecule has 1 heterocycles. The molecular weight excluding hydrogens is 306 g/mol. The van der Waals surface area contributed by atoms with E-state index in [1.54, 1.807) is 0 Å². The van der Waals surface area contributed by atoms with E-state index in [1.165, 1.54) is 19.1 Å². The number of hydrogen-bond acceptors (Lipinski definition) is 6. The Bertz CT molecular complexity index is 516. The number of carbonyl (C=O) groups excluding carboxylic acids is 1. The zero-order chi connectivity index (χ0) is 18.4. The number of aromatic nitrogens is 2. The number of ketones is 1. The maximum absolute atomic E-state index is 10.0. The van der Waals surface area contributed by atoms with Crippen molar-refractivity contribution in [3.8, 4) is 5.88 Å². The normalized spacial score (nSPS) is 10.4. The van der Waals surface area contributed by atoms with Crippen molar-refractivity contribution in [2.45, 2.75) is 53.4 Å². The number of allylic oxidation sites excluding steroid dienone is 1. The molecule has 0 unspecified atom stereocenters. The fourth-order valence-corrected chi connectivity index (χ4v) is 1.94. The van der Waals surface area contributed by atoms with Crippen molar-refractivity contribution >= 4 is 5.78 Å². The minimum Gasteiger partial charge on any atom is -0.477 e. The van der Waals surface area contributed by atoms with Gasteiger partial charge in [0, 0.05) is 12.0 Å². The first-order valence-corrected chi connectivity index (χ1v) is 8.53. The lowest BCUT2D eigenvalue weighted by atomic mass is 10.1. The molecule has 24 heavy (non-hydrogen) atoms. The molecule has 0 saturated carbocycles. The summed E-state index contributed by atoms with van der Waals surface area (Å²) in [5, 5.41) is 8.08. The molecule has 0 radical (unpaired) electrons. The van der Waals surface area contributed by atoms with Crippen molar-refractivity contribution in [1.82, 2.24) is 9.97 Å². The molecule has 136 valence electrons. The Morgan fingerprint density at radius 1 is 1.25 bits per heavy atom. The van der Waals surface area contributed by atoms with Gasteiger partial charge < -0.3 is 15.6 Å². The Kier molecular flexibility index (Phi) is 12.6. The van der Waals surface area contributed by atoms with Crippen LogP contribution in [0.5, 0.6) is 5.88 Å². The van der Waals surface area contributed by atoms with Crippen molar-refractivity contribution in [3.05, 3.63) is 29.2 Å². The zero-order valence-corrected chi connectivity index (χ0v) is 15.3. The van der Waals surface area contributed by atoms with Crippen LogP contribution in [0.3, 0.4) is 0 Å². The third-order valence-corrected chi connectivity index (χ3v) is 3.05. The van der Waals surface area contributed by atoms with E-state index >= 15 is 0 Å². The SMILES string of the molecule is CC(=O)/C=C/CO.CCCOc1nc(CC)nc(CC)c1CCN. The maximum Gasteiger partial charge on any atom is 0.220 e. The van der Waals surface area contributed by atoms with Gasteiger partial charge in [0.1, 0.15) is 5.82 Å². The summed E-state index contributed by atoms with van der Waals surface area (Å²) in [6, 6.07) is 0. The Labute approximate surface area is 145 Å². The van der Waals surface area contributed by atoms with Crippen LogP contribution in [0.2, 0.25) is 0 Å². The van der Waals surface area contributed by atoms with Gasteiger partial charge in [0.2, 0.25) is 5.88 Å². The molecule has 0 aliphatic carbocycles. The molecular formula is C18H31N3O3. The largest absolute Gasteiger partial charge is 0.477 e. The van der Waals surface area contributed by atoms with Gasteiger partial charge in [-0.15, -0.1) is 0 Å². The van der Waals surface area contributed by atoms with Crippen LogP contribution in [0, 0.1) is 0 Å². The Morgan fingerprint density at radius 3 is 2.38 bits per heavy atom. The molecule has 6 nitrogen and oxygen atoms in total. The summed E-state index contributed by atoms with van der Waals surface area (Å²) in [5.74, 6) is 1.56. The molecule has 1 aromatic heterocycles. The molecule has 1 rings (SSSR count). The number of hydrogen-bond donors (Lipinski definition) is 2. The van der Waals surface area contributed by atoms with Gasteiger partial charge in [-0.1, -0.05) is 26.8 Å². The smallest absolute Gasteiger partial charge is 0.220 e. The molecule has 0 aliphatic rings. The lowest BCUT2D eigenvalue weighted by molar-refractivity contribution is -0.112. The highest BCUT2D eigenvalue weighted by molar-refractivity contribution is 5.87. The van der Waals surface area contributed by atoms with Gasteiger partial charge in [-0.3, -0.25) is 4.79 Å². The van der Waals surface area contributed by atoms with Crippen LogP contribution in [-0.4, -0.2) is 40.6 Å². The van der Waals surface area contributed by atoms with E-state index in [4.69, 9.17) is 15.6 Å². The lowest BCUT2D eigenvalue weighted by Gasteiger charge is -2.14. The van der Waals surface area contributed by atoms with Crippen molar-refractivity contribution in [2.75, 3.05) is 19.8 Å². The summed E-state index contributed by atoms with van der Waals surface area (Å²) in [5.41, 5.74) is 7.80. The summed E-state index contributed by atoms with van der Waals surface area (Å²) < 4.78 is 5.72. The highest BCUT2D eigenvalue weighted by Gasteiger charge is 2.13. The summed E-state index contributed by atoms with van der Waals surface area (Å²) in [7, 11) is 0. The van der Waals surface area contributed by atoms with Gasteiger partial charge >= 0.3 is 0 Å². The van der Waals surface area contributed by atoms with Crippen LogP contribution in [0.15, 0.2) is 12.2 Å². The van der Waals surface area contributed by atoms with Crippen LogP contribution in [-0.2, 0) is 24.1 Å². The van der Waals surface area contributed by atoms with Crippen LogP contribution in [0.4, 0.5) is 0 Å². The summed E-state index contributed by atoms with van der Waals surface area (Å²) >= 11 is 0. The van der Waals surface area contributed by atoms with Crippen molar-refractivity contribution in [2.24, 2.45) is 5.73 Å². The van der Waals surface area contributed by atoms with Crippen molar-refractivity contribution in [1.29, 1.82) is 0 Å². The number of ether oxygens (including phenoxy) is 1. The lowest BCUT2D eigenvalue weighted by Crippen LogP contribution is -2.13. The summed E-state index contributed by atoms with van der Waals surface area (Å²) in [6.07, 6.45) is 6.23. The van der Waals surface area contributed by atoms with Crippen molar-refractivity contribution in [3.63, 3.8) is 0 Å². The second kappa shape index (κ2) is 13.6. The first kappa shape index (κ1) is 22.2. The molecule has 0 spiro atoms. The minimum atomic E-state index is -0.0560. The fourth-order valence-electron chi connectivity index (χ4n) is 1.94. The highest BCUT2D eigenvalue weighted by atomic mass is 16.5. The van der Waals surface area contributed by atoms with E-state index < -0.39 is 0 Å². The van der Waals surface area contributed by atoms with E-state index in [0.717, 1.165) is 48.6 Å². The van der Waals surface area contributed by atoms with Gasteiger partial charge in [-0.2, -0.15) is 4.98 Å². The predicted molar refractivity (Wildman–Crippen MR) is 96.2 cm³/mol. The average molecular weight is 337 g/mol. The van der Waals surface area contributed by atoms with Gasteiger partial charge in [-0.05, 0) is 38.8 Å². The molecule has 1 aromatic rings. The molecule has 0 aliphatic heterocycles. The van der Waals surface area contributed by atoms with Crippen molar-refractivity contribution < 1.29 is 14.6 Å². The molecule has 6 heteroatoms. The summed E-state index contributed by atoms with van der Waals surface area (Å²) in [6.45, 7) is 8.93. The number of aliphatic hydroxyl groups is 1. The van der Waals surface area contributed by atoms with Gasteiger partial charge in [-0.25, -0.2) is 4.98 Å². The van der Waals surface area contributed by atoms with E-state index in [9.17, 15) is 4.79 Å². The van der Waals surface area contributed by atoms with E-state index in [2.05, 4.69) is 30.7 Å². The number of carbonyl (C=O) groups is 1. The van der Waals surface area contributed by atoms with E-state index in [1.807, 2.05) is 0 Å². The molecule has 0 saturated heterocycles. The first-order chi connectivity index (χ1) is 11.5. The molecule has 3 N–H and O–H groups in total. The molecule has 0 atom stereocenters. The predicted octanol–water partition coefficient (Wildman–Crippen LogP) is 2.02. The Balaban J connectivity index is 0.000000640. The molecule has 0 amide bonds. The minimum absolute atomic E-state index is 0.0333. The van der Waals surface area contributed by atoms with Crippen LogP contribution < -0.4 is 10.5 Å². The molecule has 0 aromatic carbocycles. The van der Waals surface area contributed by atoms with E-state index in [-0.39, 0.29) is 12.4 Å². The number of nitrogens with zero attached hydrogens (tertiary/aromatic N) is 2. The summed E-state index contributed by atoms with van der Waals surface area (Å²) in [4.78, 5) is 19.0. The second-order valence-electron chi connectivity index (χ2n) is 5.16. The molecule has 0 bridgehead atoms. The highest BCUT2D eigenvalue weighted by Crippen LogP contribution is 2.20. The van der Waals surface area contributed by atoms with Gasteiger partial charge in [0.05, 0.1) is 18.9 Å². The second-order valence-corrected chi connectivity index (χ2v) is 5.16. The molecule has 0 fully saturated rings. The third-order valence-electron chi connectivity index (χ3n) is 3.05. The fraction of sp³-hybridized carbons (Fsp3) is 0.611. The quantitative estimate of drug-likeness (QED) is 0.669. The van der Waals surface area contributed by atoms with Crippen LogP contribution in [0.1, 0.15) is 51.2 Å². The average Bonchev–Trinajstić information content (AvgIpc) is 2.59. The van der Waals surface area contributed by atoms with Crippen LogP contribution >= 0.6 is 0 Å². The number of nitrogens with two attached hydrogens (primary N) is 1. The monoisotopic (exact) mass is 337 g/mol. The number of aryl methyl sites for hydroxylation is 2. The Hall–Kier alpha value is -1.79. The van der Waals surface area contributed by atoms with E-state index in [0.29, 0.717) is 13.2 Å². The van der Waals surface area contributed by atoms with Gasteiger partial charge in [0.25, 0.3) is 0 Å². The zero-order valence-electron chi connectivity index (χ0n) is 15.3. The van der Waals surface area contributed by atoms with Gasteiger partial charge in [0.15, 0.2) is 5.78 Å². The van der Waals surface area contributed by atoms with Crippen LogP contribution in [0.25, 0.3) is 0 Å². The maximum atomic E-state index is 10.0. The standard InChI is InChI=1S/C13H23N3O.C5H8O2/c1-4-9-17-13-10(7-8-14)11(5-2)15-12(6-3)16-13;1-5(7)3-2-4-6/h4-9,14H2,1-3H3;2-3,6H,4H2,1H3/b;3-2+. The Morgan fingerprint density at radius 2 is 1.96 bits per heavy atom. The number of rotatable bonds is 9. The number of aliphatic hydroxyl groups excluding tert-OH is 1.